The topological polar surface area (TPSA) is 29.1 Å². The van der Waals surface area contributed by atoms with Crippen LogP contribution >= 0.6 is 15.9 Å². The first kappa shape index (κ1) is 14.7. The van der Waals surface area contributed by atoms with Crippen molar-refractivity contribution in [1.29, 1.82) is 0 Å². The van der Waals surface area contributed by atoms with Crippen LogP contribution in [0.3, 0.4) is 0 Å². The van der Waals surface area contributed by atoms with E-state index in [1.807, 2.05) is 37.3 Å². The third-order valence-corrected chi connectivity index (χ3v) is 3.79. The van der Waals surface area contributed by atoms with E-state index >= 15 is 0 Å². The molecule has 0 saturated carbocycles. The summed E-state index contributed by atoms with van der Waals surface area (Å²) in [6.45, 7) is 2.48. The Morgan fingerprint density at radius 3 is 2.55 bits per heavy atom. The summed E-state index contributed by atoms with van der Waals surface area (Å²) in [6.07, 6.45) is 0. The van der Waals surface area contributed by atoms with Crippen LogP contribution in [-0.4, -0.2) is 12.5 Å². The molecule has 2 aromatic rings. The molecule has 0 heterocycles. The predicted octanol–water partition coefficient (Wildman–Crippen LogP) is 4.12. The summed E-state index contributed by atoms with van der Waals surface area (Å²) in [6, 6.07) is 14.4. The lowest BCUT2D eigenvalue weighted by atomic mass is 10.0. The van der Waals surface area contributed by atoms with E-state index in [1.165, 1.54) is 6.07 Å². The lowest BCUT2D eigenvalue weighted by Crippen LogP contribution is -2.28. The van der Waals surface area contributed by atoms with Crippen LogP contribution < -0.4 is 5.32 Å². The molecule has 0 saturated heterocycles. The molecule has 0 aliphatic rings. The van der Waals surface area contributed by atoms with Crippen molar-refractivity contribution in [3.8, 4) is 0 Å². The van der Waals surface area contributed by atoms with Gasteiger partial charge in [0.2, 0.25) is 0 Å². The van der Waals surface area contributed by atoms with Crippen LogP contribution in [0, 0.1) is 5.82 Å². The zero-order valence-corrected chi connectivity index (χ0v) is 12.7. The SMILES string of the molecule is CC(CNC(=O)c1c(F)cccc1Br)c1ccccc1. The maximum atomic E-state index is 13.7. The highest BCUT2D eigenvalue weighted by molar-refractivity contribution is 9.10. The Morgan fingerprint density at radius 1 is 1.20 bits per heavy atom. The minimum Gasteiger partial charge on any atom is -0.351 e. The summed E-state index contributed by atoms with van der Waals surface area (Å²) in [5.41, 5.74) is 1.19. The van der Waals surface area contributed by atoms with Gasteiger partial charge in [-0.15, -0.1) is 0 Å². The normalized spacial score (nSPS) is 11.9. The minimum absolute atomic E-state index is 0.0489. The zero-order chi connectivity index (χ0) is 14.5. The molecule has 2 rings (SSSR count). The first-order valence-electron chi connectivity index (χ1n) is 6.36. The second kappa shape index (κ2) is 6.66. The molecule has 4 heteroatoms. The molecule has 0 aromatic heterocycles. The molecule has 1 amide bonds. The average molecular weight is 336 g/mol. The van der Waals surface area contributed by atoms with Crippen molar-refractivity contribution in [1.82, 2.24) is 5.32 Å². The van der Waals surface area contributed by atoms with Gasteiger partial charge in [-0.25, -0.2) is 4.39 Å². The van der Waals surface area contributed by atoms with E-state index < -0.39 is 11.7 Å². The molecule has 20 heavy (non-hydrogen) atoms. The number of amides is 1. The second-order valence-corrected chi connectivity index (χ2v) is 5.47. The maximum absolute atomic E-state index is 13.7. The van der Waals surface area contributed by atoms with Crippen LogP contribution in [-0.2, 0) is 0 Å². The summed E-state index contributed by atoms with van der Waals surface area (Å²) >= 11 is 3.20. The predicted molar refractivity (Wildman–Crippen MR) is 81.3 cm³/mol. The van der Waals surface area contributed by atoms with Crippen molar-refractivity contribution >= 4 is 21.8 Å². The quantitative estimate of drug-likeness (QED) is 0.894. The highest BCUT2D eigenvalue weighted by atomic mass is 79.9. The third-order valence-electron chi connectivity index (χ3n) is 3.13. The third kappa shape index (κ3) is 3.45. The van der Waals surface area contributed by atoms with Crippen molar-refractivity contribution in [3.63, 3.8) is 0 Å². The molecule has 104 valence electrons. The molecule has 1 unspecified atom stereocenters. The van der Waals surface area contributed by atoms with Crippen LogP contribution in [0.5, 0.6) is 0 Å². The van der Waals surface area contributed by atoms with Crippen LogP contribution in [0.15, 0.2) is 53.0 Å². The number of hydrogen-bond acceptors (Lipinski definition) is 1. The molecular weight excluding hydrogens is 321 g/mol. The number of hydrogen-bond donors (Lipinski definition) is 1. The Kier molecular flexibility index (Phi) is 4.90. The van der Waals surface area contributed by atoms with Gasteiger partial charge in [0.05, 0.1) is 5.56 Å². The fraction of sp³-hybridized carbons (Fsp3) is 0.188. The number of halogens is 2. The Bertz CT molecular complexity index is 580. The van der Waals surface area contributed by atoms with E-state index in [-0.39, 0.29) is 11.5 Å². The summed E-state index contributed by atoms with van der Waals surface area (Å²) in [4.78, 5) is 12.0. The Balaban J connectivity index is 2.03. The van der Waals surface area contributed by atoms with E-state index in [1.54, 1.807) is 12.1 Å². The molecule has 0 aliphatic carbocycles. The van der Waals surface area contributed by atoms with Gasteiger partial charge < -0.3 is 5.32 Å². The Hall–Kier alpha value is -1.68. The zero-order valence-electron chi connectivity index (χ0n) is 11.1. The van der Waals surface area contributed by atoms with E-state index in [4.69, 9.17) is 0 Å². The van der Waals surface area contributed by atoms with Gasteiger partial charge >= 0.3 is 0 Å². The molecule has 0 bridgehead atoms. The fourth-order valence-electron chi connectivity index (χ4n) is 1.95. The fourth-order valence-corrected chi connectivity index (χ4v) is 2.47. The molecule has 0 spiro atoms. The van der Waals surface area contributed by atoms with Crippen molar-refractivity contribution in [3.05, 3.63) is 69.9 Å². The molecule has 2 nitrogen and oxygen atoms in total. The van der Waals surface area contributed by atoms with E-state index in [2.05, 4.69) is 21.2 Å². The van der Waals surface area contributed by atoms with Gasteiger partial charge in [-0.1, -0.05) is 43.3 Å². The van der Waals surface area contributed by atoms with Gasteiger partial charge in [0.15, 0.2) is 0 Å². The Labute approximate surface area is 126 Å². The smallest absolute Gasteiger partial charge is 0.255 e. The summed E-state index contributed by atoms with van der Waals surface area (Å²) in [5, 5.41) is 2.77. The van der Waals surface area contributed by atoms with E-state index in [0.29, 0.717) is 11.0 Å². The van der Waals surface area contributed by atoms with Crippen molar-refractivity contribution < 1.29 is 9.18 Å². The summed E-state index contributed by atoms with van der Waals surface area (Å²) in [5.74, 6) is -0.757. The lowest BCUT2D eigenvalue weighted by Gasteiger charge is -2.14. The highest BCUT2D eigenvalue weighted by Gasteiger charge is 2.16. The van der Waals surface area contributed by atoms with Crippen LogP contribution in [0.25, 0.3) is 0 Å². The van der Waals surface area contributed by atoms with Crippen molar-refractivity contribution in [2.24, 2.45) is 0 Å². The lowest BCUT2D eigenvalue weighted by molar-refractivity contribution is 0.0947. The number of carbonyl (C=O) groups is 1. The first-order chi connectivity index (χ1) is 9.59. The molecule has 1 atom stereocenters. The molecule has 1 N–H and O–H groups in total. The highest BCUT2D eigenvalue weighted by Crippen LogP contribution is 2.20. The van der Waals surface area contributed by atoms with Gasteiger partial charge in [0, 0.05) is 11.0 Å². The van der Waals surface area contributed by atoms with Gasteiger partial charge in [-0.2, -0.15) is 0 Å². The molecule has 0 aliphatic heterocycles. The average Bonchev–Trinajstić information content (AvgIpc) is 2.45. The largest absolute Gasteiger partial charge is 0.351 e. The number of carbonyl (C=O) groups excluding carboxylic acids is 1. The molecule has 0 fully saturated rings. The monoisotopic (exact) mass is 335 g/mol. The van der Waals surface area contributed by atoms with E-state index in [0.717, 1.165) is 5.56 Å². The molecule has 2 aromatic carbocycles. The van der Waals surface area contributed by atoms with Gasteiger partial charge in [-0.05, 0) is 39.5 Å². The molecular formula is C16H15BrFNO. The van der Waals surface area contributed by atoms with Crippen LogP contribution in [0.2, 0.25) is 0 Å². The number of rotatable bonds is 4. The minimum atomic E-state index is -0.524. The van der Waals surface area contributed by atoms with Crippen molar-refractivity contribution in [2.75, 3.05) is 6.54 Å². The summed E-state index contributed by atoms with van der Waals surface area (Å²) < 4.78 is 14.1. The van der Waals surface area contributed by atoms with Gasteiger partial charge in [0.25, 0.3) is 5.91 Å². The standard InChI is InChI=1S/C16H15BrFNO/c1-11(12-6-3-2-4-7-12)10-19-16(20)15-13(17)8-5-9-14(15)18/h2-9,11H,10H2,1H3,(H,19,20). The first-order valence-corrected chi connectivity index (χ1v) is 7.16. The Morgan fingerprint density at radius 2 is 1.90 bits per heavy atom. The van der Waals surface area contributed by atoms with Crippen molar-refractivity contribution in [2.45, 2.75) is 12.8 Å². The van der Waals surface area contributed by atoms with Crippen LogP contribution in [0.1, 0.15) is 28.8 Å². The second-order valence-electron chi connectivity index (χ2n) is 4.62. The van der Waals surface area contributed by atoms with Gasteiger partial charge in [-0.3, -0.25) is 4.79 Å². The number of nitrogens with one attached hydrogen (secondary N) is 1. The maximum Gasteiger partial charge on any atom is 0.255 e. The summed E-state index contributed by atoms with van der Waals surface area (Å²) in [7, 11) is 0. The molecule has 0 radical (unpaired) electrons. The van der Waals surface area contributed by atoms with E-state index in [9.17, 15) is 9.18 Å². The number of benzene rings is 2. The van der Waals surface area contributed by atoms with Crippen LogP contribution in [0.4, 0.5) is 4.39 Å². The van der Waals surface area contributed by atoms with Gasteiger partial charge in [0.1, 0.15) is 5.82 Å².